The molecule has 0 bridgehead atoms. The summed E-state index contributed by atoms with van der Waals surface area (Å²) in [6.45, 7) is 1.93. The molecule has 17 heavy (non-hydrogen) atoms. The maximum Gasteiger partial charge on any atom is 0.242 e. The molecule has 3 nitrogen and oxygen atoms in total. The molecule has 88 valence electrons. The Kier molecular flexibility index (Phi) is 3.86. The van der Waals surface area contributed by atoms with E-state index in [0.29, 0.717) is 10.8 Å². The van der Waals surface area contributed by atoms with E-state index < -0.39 is 0 Å². The monoisotopic (exact) mass is 332 g/mol. The summed E-state index contributed by atoms with van der Waals surface area (Å²) in [5, 5.41) is 0.413. The van der Waals surface area contributed by atoms with Crippen molar-refractivity contribution in [3.05, 3.63) is 44.7 Å². The quantitative estimate of drug-likeness (QED) is 0.750. The van der Waals surface area contributed by atoms with E-state index in [1.54, 1.807) is 0 Å². The van der Waals surface area contributed by atoms with Crippen LogP contribution in [0, 0.1) is 6.92 Å². The number of nitrogens with zero attached hydrogens (tertiary/aromatic N) is 2. The number of ether oxygens (including phenoxy) is 1. The van der Waals surface area contributed by atoms with Crippen molar-refractivity contribution in [2.24, 2.45) is 0 Å². The first kappa shape index (κ1) is 12.6. The Balaban J connectivity index is 2.34. The van der Waals surface area contributed by atoms with Gasteiger partial charge in [-0.2, -0.15) is 4.98 Å². The van der Waals surface area contributed by atoms with E-state index in [9.17, 15) is 0 Å². The summed E-state index contributed by atoms with van der Waals surface area (Å²) in [7, 11) is 0. The molecular formula is C11H7BrCl2N2O. The summed E-state index contributed by atoms with van der Waals surface area (Å²) in [4.78, 5) is 7.67. The molecule has 6 heteroatoms. The fourth-order valence-electron chi connectivity index (χ4n) is 1.23. The van der Waals surface area contributed by atoms with Gasteiger partial charge in [-0.25, -0.2) is 4.98 Å². The van der Waals surface area contributed by atoms with Crippen LogP contribution in [-0.4, -0.2) is 9.97 Å². The van der Waals surface area contributed by atoms with Crippen LogP contribution in [0.25, 0.3) is 0 Å². The molecule has 1 heterocycles. The molecule has 0 aliphatic heterocycles. The summed E-state index contributed by atoms with van der Waals surface area (Å²) in [6, 6.07) is 5.64. The van der Waals surface area contributed by atoms with Crippen molar-refractivity contribution in [1.29, 1.82) is 0 Å². The number of aryl methyl sites for hydroxylation is 1. The highest BCUT2D eigenvalue weighted by Gasteiger charge is 2.08. The van der Waals surface area contributed by atoms with E-state index in [1.807, 2.05) is 25.1 Å². The number of aromatic nitrogens is 2. The lowest BCUT2D eigenvalue weighted by molar-refractivity contribution is 0.458. The maximum absolute atomic E-state index is 5.91. The lowest BCUT2D eigenvalue weighted by Crippen LogP contribution is -1.93. The maximum atomic E-state index is 5.91. The molecule has 1 aromatic carbocycles. The summed E-state index contributed by atoms with van der Waals surface area (Å²) in [6.07, 6.45) is 1.40. The predicted molar refractivity (Wildman–Crippen MR) is 71.0 cm³/mol. The lowest BCUT2D eigenvalue weighted by Gasteiger charge is -2.09. The van der Waals surface area contributed by atoms with E-state index in [4.69, 9.17) is 27.9 Å². The zero-order valence-corrected chi connectivity index (χ0v) is 11.8. The van der Waals surface area contributed by atoms with E-state index in [2.05, 4.69) is 25.9 Å². The topological polar surface area (TPSA) is 35.0 Å². The second-order valence-corrected chi connectivity index (χ2v) is 4.96. The molecule has 2 aromatic rings. The second kappa shape index (κ2) is 5.21. The fourth-order valence-corrected chi connectivity index (χ4v) is 1.97. The van der Waals surface area contributed by atoms with Gasteiger partial charge >= 0.3 is 0 Å². The predicted octanol–water partition coefficient (Wildman–Crippen LogP) is 4.65. The number of hydrogen-bond donors (Lipinski definition) is 0. The third kappa shape index (κ3) is 3.09. The minimum Gasteiger partial charge on any atom is -0.437 e. The molecule has 0 amide bonds. The van der Waals surface area contributed by atoms with Crippen LogP contribution in [0.2, 0.25) is 10.3 Å². The van der Waals surface area contributed by atoms with Crippen molar-refractivity contribution >= 4 is 39.1 Å². The van der Waals surface area contributed by atoms with Crippen LogP contribution in [0.1, 0.15) is 5.56 Å². The van der Waals surface area contributed by atoms with Gasteiger partial charge in [-0.05, 0) is 42.3 Å². The lowest BCUT2D eigenvalue weighted by atomic mass is 10.2. The van der Waals surface area contributed by atoms with Gasteiger partial charge in [0.15, 0.2) is 0 Å². The van der Waals surface area contributed by atoms with Crippen molar-refractivity contribution < 1.29 is 4.74 Å². The Morgan fingerprint density at radius 3 is 2.76 bits per heavy atom. The molecule has 0 spiro atoms. The number of hydrogen-bond acceptors (Lipinski definition) is 3. The molecular weight excluding hydrogens is 327 g/mol. The van der Waals surface area contributed by atoms with Crippen molar-refractivity contribution in [2.75, 3.05) is 0 Å². The summed E-state index contributed by atoms with van der Waals surface area (Å²) < 4.78 is 6.57. The van der Waals surface area contributed by atoms with Gasteiger partial charge < -0.3 is 4.74 Å². The highest BCUT2D eigenvalue weighted by atomic mass is 79.9. The summed E-state index contributed by atoms with van der Waals surface area (Å²) in [5.41, 5.74) is 0.963. The van der Waals surface area contributed by atoms with Gasteiger partial charge in [-0.1, -0.05) is 27.5 Å². The Bertz CT molecular complexity index is 563. The Labute approximate surface area is 117 Å². The SMILES string of the molecule is Cc1cc(Br)ccc1Oc1nc(Cl)ncc1Cl. The van der Waals surface area contributed by atoms with Crippen molar-refractivity contribution in [2.45, 2.75) is 6.92 Å². The van der Waals surface area contributed by atoms with Crippen LogP contribution in [0.4, 0.5) is 0 Å². The van der Waals surface area contributed by atoms with Gasteiger partial charge in [0.05, 0.1) is 6.20 Å². The highest BCUT2D eigenvalue weighted by molar-refractivity contribution is 9.10. The van der Waals surface area contributed by atoms with Crippen LogP contribution in [0.5, 0.6) is 11.6 Å². The van der Waals surface area contributed by atoms with Crippen LogP contribution in [0.15, 0.2) is 28.9 Å². The Morgan fingerprint density at radius 2 is 2.06 bits per heavy atom. The van der Waals surface area contributed by atoms with Crippen molar-refractivity contribution in [3.63, 3.8) is 0 Å². The minimum absolute atomic E-state index is 0.0964. The van der Waals surface area contributed by atoms with Crippen LogP contribution >= 0.6 is 39.1 Å². The van der Waals surface area contributed by atoms with Gasteiger partial charge in [0, 0.05) is 4.47 Å². The number of halogens is 3. The normalized spacial score (nSPS) is 10.4. The molecule has 0 atom stereocenters. The van der Waals surface area contributed by atoms with Crippen LogP contribution in [-0.2, 0) is 0 Å². The van der Waals surface area contributed by atoms with Crippen LogP contribution in [0.3, 0.4) is 0 Å². The zero-order valence-electron chi connectivity index (χ0n) is 8.75. The van der Waals surface area contributed by atoms with E-state index in [0.717, 1.165) is 10.0 Å². The van der Waals surface area contributed by atoms with Gasteiger partial charge in [0.1, 0.15) is 10.8 Å². The number of benzene rings is 1. The van der Waals surface area contributed by atoms with E-state index in [1.165, 1.54) is 6.20 Å². The first-order valence-corrected chi connectivity index (χ1v) is 6.23. The molecule has 0 saturated carbocycles. The molecule has 2 rings (SSSR count). The minimum atomic E-state index is 0.0964. The zero-order chi connectivity index (χ0) is 12.4. The third-order valence-electron chi connectivity index (χ3n) is 2.03. The molecule has 0 fully saturated rings. The molecule has 0 aliphatic rings. The van der Waals surface area contributed by atoms with Gasteiger partial charge in [0.2, 0.25) is 11.2 Å². The smallest absolute Gasteiger partial charge is 0.242 e. The molecule has 0 radical (unpaired) electrons. The van der Waals surface area contributed by atoms with E-state index >= 15 is 0 Å². The van der Waals surface area contributed by atoms with Crippen molar-refractivity contribution in [3.8, 4) is 11.6 Å². The van der Waals surface area contributed by atoms with Crippen molar-refractivity contribution in [1.82, 2.24) is 9.97 Å². The molecule has 0 saturated heterocycles. The summed E-state index contributed by atoms with van der Waals surface area (Å²) in [5.74, 6) is 0.918. The third-order valence-corrected chi connectivity index (χ3v) is 2.96. The average Bonchev–Trinajstić information content (AvgIpc) is 2.27. The average molecular weight is 334 g/mol. The van der Waals surface area contributed by atoms with Gasteiger partial charge in [-0.15, -0.1) is 0 Å². The number of rotatable bonds is 2. The molecule has 0 unspecified atom stereocenters. The largest absolute Gasteiger partial charge is 0.437 e. The Morgan fingerprint density at radius 1 is 1.29 bits per heavy atom. The van der Waals surface area contributed by atoms with Gasteiger partial charge in [-0.3, -0.25) is 0 Å². The molecule has 1 aromatic heterocycles. The first-order chi connectivity index (χ1) is 8.06. The molecule has 0 aliphatic carbocycles. The standard InChI is InChI=1S/C11H7BrCl2N2O/c1-6-4-7(12)2-3-9(6)17-10-8(13)5-15-11(14)16-10/h2-5H,1H3. The fraction of sp³-hybridized carbons (Fsp3) is 0.0909. The first-order valence-electron chi connectivity index (χ1n) is 4.68. The highest BCUT2D eigenvalue weighted by Crippen LogP contribution is 2.30. The second-order valence-electron chi connectivity index (χ2n) is 3.30. The van der Waals surface area contributed by atoms with Crippen LogP contribution < -0.4 is 4.74 Å². The van der Waals surface area contributed by atoms with E-state index in [-0.39, 0.29) is 11.2 Å². The summed E-state index contributed by atoms with van der Waals surface area (Å²) >= 11 is 15.0. The Hall–Kier alpha value is -0.840. The molecule has 0 N–H and O–H groups in total. The van der Waals surface area contributed by atoms with Gasteiger partial charge in [0.25, 0.3) is 0 Å².